The molecular formula is C14H25N3O2. The highest BCUT2D eigenvalue weighted by molar-refractivity contribution is 4.90. The van der Waals surface area contributed by atoms with Gasteiger partial charge in [0.05, 0.1) is 24.2 Å². The summed E-state index contributed by atoms with van der Waals surface area (Å²) in [6, 6.07) is 2.38. The molecule has 0 amide bonds. The molecule has 2 N–H and O–H groups in total. The summed E-state index contributed by atoms with van der Waals surface area (Å²) in [7, 11) is 0. The van der Waals surface area contributed by atoms with Gasteiger partial charge in [-0.2, -0.15) is 5.26 Å². The third-order valence-electron chi connectivity index (χ3n) is 4.10. The zero-order valence-corrected chi connectivity index (χ0v) is 11.5. The summed E-state index contributed by atoms with van der Waals surface area (Å²) in [5.74, 6) is -0.0319. The number of nitriles is 1. The highest BCUT2D eigenvalue weighted by Crippen LogP contribution is 2.15. The fraction of sp³-hybridized carbons (Fsp3) is 0.929. The van der Waals surface area contributed by atoms with E-state index in [2.05, 4.69) is 15.9 Å². The SMILES string of the molecule is N#CC(CN1CCCC(O)C1)CN1CCCC(O)C1. The molecule has 2 atom stereocenters. The zero-order valence-electron chi connectivity index (χ0n) is 11.5. The minimum absolute atomic E-state index is 0.0319. The smallest absolute Gasteiger partial charge is 0.0717 e. The Morgan fingerprint density at radius 2 is 1.47 bits per heavy atom. The molecule has 108 valence electrons. The molecule has 2 rings (SSSR count). The Morgan fingerprint density at radius 1 is 1.00 bits per heavy atom. The zero-order chi connectivity index (χ0) is 13.7. The van der Waals surface area contributed by atoms with Gasteiger partial charge >= 0.3 is 0 Å². The molecule has 0 aromatic rings. The topological polar surface area (TPSA) is 70.7 Å². The molecule has 0 aromatic carbocycles. The summed E-state index contributed by atoms with van der Waals surface area (Å²) >= 11 is 0. The van der Waals surface area contributed by atoms with Crippen molar-refractivity contribution in [2.45, 2.75) is 37.9 Å². The minimum atomic E-state index is -0.232. The number of piperidine rings is 2. The van der Waals surface area contributed by atoms with Crippen LogP contribution in [-0.2, 0) is 0 Å². The van der Waals surface area contributed by atoms with Gasteiger partial charge in [0.2, 0.25) is 0 Å². The van der Waals surface area contributed by atoms with Crippen molar-refractivity contribution in [3.05, 3.63) is 0 Å². The maximum absolute atomic E-state index is 9.65. The van der Waals surface area contributed by atoms with Gasteiger partial charge in [-0.25, -0.2) is 0 Å². The molecule has 5 nitrogen and oxygen atoms in total. The van der Waals surface area contributed by atoms with Gasteiger partial charge in [0.1, 0.15) is 0 Å². The standard InChI is InChI=1S/C14H25N3O2/c15-7-12(8-16-5-1-3-13(18)10-16)9-17-6-2-4-14(19)11-17/h12-14,18-19H,1-6,8-11H2. The molecule has 19 heavy (non-hydrogen) atoms. The lowest BCUT2D eigenvalue weighted by atomic mass is 10.0. The largest absolute Gasteiger partial charge is 0.392 e. The lowest BCUT2D eigenvalue weighted by molar-refractivity contribution is 0.0480. The molecule has 2 heterocycles. The molecule has 2 aliphatic rings. The van der Waals surface area contributed by atoms with Gasteiger partial charge in [-0.1, -0.05) is 0 Å². The Labute approximate surface area is 115 Å². The number of hydrogen-bond acceptors (Lipinski definition) is 5. The first kappa shape index (κ1) is 14.7. The third kappa shape index (κ3) is 4.73. The van der Waals surface area contributed by atoms with E-state index < -0.39 is 0 Å². The Balaban J connectivity index is 1.78. The quantitative estimate of drug-likeness (QED) is 0.752. The number of aliphatic hydroxyl groups is 2. The molecule has 0 spiro atoms. The highest BCUT2D eigenvalue weighted by Gasteiger charge is 2.24. The second-order valence-corrected chi connectivity index (χ2v) is 5.94. The van der Waals surface area contributed by atoms with Crippen LogP contribution >= 0.6 is 0 Å². The third-order valence-corrected chi connectivity index (χ3v) is 4.10. The van der Waals surface area contributed by atoms with Crippen LogP contribution in [0.2, 0.25) is 0 Å². The van der Waals surface area contributed by atoms with E-state index in [0.29, 0.717) is 13.1 Å². The first-order valence-electron chi connectivity index (χ1n) is 7.38. The summed E-state index contributed by atoms with van der Waals surface area (Å²) in [4.78, 5) is 4.39. The van der Waals surface area contributed by atoms with Crippen LogP contribution in [0.15, 0.2) is 0 Å². The Morgan fingerprint density at radius 3 is 1.84 bits per heavy atom. The van der Waals surface area contributed by atoms with Gasteiger partial charge in [0.25, 0.3) is 0 Å². The van der Waals surface area contributed by atoms with Gasteiger partial charge in [-0.15, -0.1) is 0 Å². The predicted molar refractivity (Wildman–Crippen MR) is 72.5 cm³/mol. The second-order valence-electron chi connectivity index (χ2n) is 5.94. The van der Waals surface area contributed by atoms with Crippen LogP contribution in [0.1, 0.15) is 25.7 Å². The second kappa shape index (κ2) is 7.20. The minimum Gasteiger partial charge on any atom is -0.392 e. The van der Waals surface area contributed by atoms with Gasteiger partial charge < -0.3 is 10.2 Å². The fourth-order valence-corrected chi connectivity index (χ4v) is 3.16. The Bertz CT molecular complexity index is 294. The first-order chi connectivity index (χ1) is 9.17. The average Bonchev–Trinajstić information content (AvgIpc) is 2.38. The van der Waals surface area contributed by atoms with E-state index in [1.54, 1.807) is 0 Å². The van der Waals surface area contributed by atoms with E-state index in [0.717, 1.165) is 51.9 Å². The number of hydrogen-bond donors (Lipinski definition) is 2. The average molecular weight is 267 g/mol. The van der Waals surface area contributed by atoms with Crippen LogP contribution in [0, 0.1) is 17.2 Å². The van der Waals surface area contributed by atoms with Crippen molar-refractivity contribution in [3.63, 3.8) is 0 Å². The predicted octanol–water partition coefficient (Wildman–Crippen LogP) is 0.0396. The van der Waals surface area contributed by atoms with Gasteiger partial charge in [0.15, 0.2) is 0 Å². The van der Waals surface area contributed by atoms with E-state index >= 15 is 0 Å². The van der Waals surface area contributed by atoms with Crippen LogP contribution in [-0.4, -0.2) is 71.5 Å². The van der Waals surface area contributed by atoms with Crippen LogP contribution in [0.25, 0.3) is 0 Å². The van der Waals surface area contributed by atoms with Crippen LogP contribution in [0.5, 0.6) is 0 Å². The maximum Gasteiger partial charge on any atom is 0.0717 e. The molecule has 2 saturated heterocycles. The number of nitrogens with zero attached hydrogens (tertiary/aromatic N) is 3. The molecule has 0 bridgehead atoms. The molecule has 5 heteroatoms. The summed E-state index contributed by atoms with van der Waals surface area (Å²) in [6.07, 6.45) is 3.33. The van der Waals surface area contributed by atoms with Crippen molar-refractivity contribution in [1.29, 1.82) is 5.26 Å². The van der Waals surface area contributed by atoms with Crippen molar-refractivity contribution < 1.29 is 10.2 Å². The van der Waals surface area contributed by atoms with E-state index in [9.17, 15) is 15.5 Å². The summed E-state index contributed by atoms with van der Waals surface area (Å²) in [5, 5.41) is 28.6. The van der Waals surface area contributed by atoms with Crippen molar-refractivity contribution >= 4 is 0 Å². The van der Waals surface area contributed by atoms with Crippen LogP contribution in [0.4, 0.5) is 0 Å². The van der Waals surface area contributed by atoms with E-state index in [1.807, 2.05) is 0 Å². The maximum atomic E-state index is 9.65. The van der Waals surface area contributed by atoms with Crippen molar-refractivity contribution in [2.75, 3.05) is 39.3 Å². The molecule has 2 fully saturated rings. The molecule has 0 aliphatic carbocycles. The number of rotatable bonds is 4. The van der Waals surface area contributed by atoms with Crippen molar-refractivity contribution in [1.82, 2.24) is 9.80 Å². The van der Waals surface area contributed by atoms with E-state index in [1.165, 1.54) is 0 Å². The Hall–Kier alpha value is -0.670. The molecule has 2 unspecified atom stereocenters. The number of aliphatic hydroxyl groups excluding tert-OH is 2. The van der Waals surface area contributed by atoms with Crippen molar-refractivity contribution in [3.8, 4) is 6.07 Å². The molecule has 0 aromatic heterocycles. The summed E-state index contributed by atoms with van der Waals surface area (Å²) in [6.45, 7) is 4.83. The normalized spacial score (nSPS) is 31.8. The highest BCUT2D eigenvalue weighted by atomic mass is 16.3. The summed E-state index contributed by atoms with van der Waals surface area (Å²) < 4.78 is 0. The van der Waals surface area contributed by atoms with Crippen LogP contribution < -0.4 is 0 Å². The summed E-state index contributed by atoms with van der Waals surface area (Å²) in [5.41, 5.74) is 0. The monoisotopic (exact) mass is 267 g/mol. The number of β-amino-alcohol motifs (C(OH)–C–C–N with tert-alkyl or cyclic N) is 2. The van der Waals surface area contributed by atoms with Gasteiger partial charge in [-0.3, -0.25) is 9.80 Å². The number of likely N-dealkylation sites (tertiary alicyclic amines) is 2. The van der Waals surface area contributed by atoms with Gasteiger partial charge in [-0.05, 0) is 38.8 Å². The molecule has 0 saturated carbocycles. The first-order valence-corrected chi connectivity index (χ1v) is 7.38. The molecule has 2 aliphatic heterocycles. The van der Waals surface area contributed by atoms with Gasteiger partial charge in [0, 0.05) is 26.2 Å². The Kier molecular flexibility index (Phi) is 5.59. The van der Waals surface area contributed by atoms with Crippen molar-refractivity contribution in [2.24, 2.45) is 5.92 Å². The van der Waals surface area contributed by atoms with E-state index in [4.69, 9.17) is 0 Å². The molecular weight excluding hydrogens is 242 g/mol. The molecule has 0 radical (unpaired) electrons. The lowest BCUT2D eigenvalue weighted by Crippen LogP contribution is -2.45. The van der Waals surface area contributed by atoms with Crippen LogP contribution in [0.3, 0.4) is 0 Å². The lowest BCUT2D eigenvalue weighted by Gasteiger charge is -2.34. The fourth-order valence-electron chi connectivity index (χ4n) is 3.16. The van der Waals surface area contributed by atoms with E-state index in [-0.39, 0.29) is 18.1 Å².